The van der Waals surface area contributed by atoms with Crippen LogP contribution in [0, 0.1) is 12.8 Å². The van der Waals surface area contributed by atoms with Crippen LogP contribution in [0.25, 0.3) is 22.3 Å². The van der Waals surface area contributed by atoms with Crippen molar-refractivity contribution in [2.24, 2.45) is 11.1 Å². The van der Waals surface area contributed by atoms with Gasteiger partial charge in [0.25, 0.3) is 0 Å². The summed E-state index contributed by atoms with van der Waals surface area (Å²) in [6.07, 6.45) is -14.8. The Morgan fingerprint density at radius 1 is 0.840 bits per heavy atom. The van der Waals surface area contributed by atoms with Crippen molar-refractivity contribution in [3.8, 4) is 28.1 Å². The Hall–Kier alpha value is -5.15. The molecule has 3 heterocycles. The Labute approximate surface area is 277 Å². The van der Waals surface area contributed by atoms with E-state index in [-0.39, 0.29) is 52.9 Å². The number of aromatic nitrogens is 2. The van der Waals surface area contributed by atoms with E-state index < -0.39 is 64.8 Å². The zero-order valence-electron chi connectivity index (χ0n) is 25.8. The van der Waals surface area contributed by atoms with Gasteiger partial charge >= 0.3 is 24.5 Å². The summed E-state index contributed by atoms with van der Waals surface area (Å²) >= 11 is 0. The topological polar surface area (TPSA) is 93.9 Å². The van der Waals surface area contributed by atoms with E-state index in [2.05, 4.69) is 15.1 Å². The number of aryl methyl sites for hydroxylation is 1. The molecule has 2 aromatic carbocycles. The molecule has 7 nitrogen and oxygen atoms in total. The van der Waals surface area contributed by atoms with Crippen molar-refractivity contribution in [1.29, 1.82) is 0 Å². The molecule has 1 fully saturated rings. The highest BCUT2D eigenvalue weighted by molar-refractivity contribution is 5.97. The minimum atomic E-state index is -5.11. The smallest absolute Gasteiger partial charge is 0.433 e. The molecule has 3 atom stereocenters. The van der Waals surface area contributed by atoms with Crippen LogP contribution < -0.4 is 4.74 Å². The second-order valence-corrected chi connectivity index (χ2v) is 11.9. The van der Waals surface area contributed by atoms with Crippen molar-refractivity contribution < 1.29 is 59.0 Å². The van der Waals surface area contributed by atoms with Crippen molar-refractivity contribution in [3.63, 3.8) is 0 Å². The first-order chi connectivity index (χ1) is 23.4. The lowest BCUT2D eigenvalue weighted by Crippen LogP contribution is -2.19. The normalized spacial score (nSPS) is 19.2. The fraction of sp³-hybridized carbons (Fsp3) is 0.294. The number of ether oxygens (including phenoxy) is 1. The highest BCUT2D eigenvalue weighted by atomic mass is 19.4. The lowest BCUT2D eigenvalue weighted by molar-refractivity contribution is -0.143. The second-order valence-electron chi connectivity index (χ2n) is 11.9. The van der Waals surface area contributed by atoms with Gasteiger partial charge in [-0.1, -0.05) is 17.3 Å². The SMILES string of the molecule is COc1ncc(-c2ccc(C(=O)O)cc2C)cc1-c1ccc(C(F)(F)F)nc1[C@@H]1CC[C@@H]2C1=NO[C@@H]2c1cc(C(F)(F)F)cc(C(F)(F)F)c1. The number of pyridine rings is 2. The summed E-state index contributed by atoms with van der Waals surface area (Å²) in [6.45, 7) is 1.67. The molecule has 0 saturated heterocycles. The third kappa shape index (κ3) is 6.45. The molecule has 262 valence electrons. The average molecular weight is 710 g/mol. The van der Waals surface area contributed by atoms with E-state index in [4.69, 9.17) is 9.57 Å². The number of oxime groups is 1. The summed E-state index contributed by atoms with van der Waals surface area (Å²) < 4.78 is 129. The molecule has 16 heteroatoms. The number of hydrogen-bond acceptors (Lipinski definition) is 6. The van der Waals surface area contributed by atoms with Gasteiger partial charge in [-0.2, -0.15) is 39.5 Å². The van der Waals surface area contributed by atoms with Crippen LogP contribution in [-0.4, -0.2) is 33.9 Å². The maximum absolute atomic E-state index is 14.0. The largest absolute Gasteiger partial charge is 0.481 e. The standard InChI is InChI=1S/C34H24F9N3O4/c1-15-9-16(31(47)48)3-4-21(15)18-12-25(30(49-2)44-14-18)22-7-8-26(34(41,42)43)45-27(22)23-5-6-24-28(23)46-50-29(24)17-10-19(32(35,36)37)13-20(11-17)33(38,39)40/h3-4,7-14,23-24,29H,5-6H2,1-2H3,(H,47,48)/t23-,24+,29+/m0/s1. The van der Waals surface area contributed by atoms with Crippen LogP contribution >= 0.6 is 0 Å². The lowest BCUT2D eigenvalue weighted by Gasteiger charge is -2.20. The predicted octanol–water partition coefficient (Wildman–Crippen LogP) is 9.50. The third-order valence-electron chi connectivity index (χ3n) is 8.74. The molecule has 4 aromatic rings. The highest BCUT2D eigenvalue weighted by Crippen LogP contribution is 2.51. The number of carbonyl (C=O) groups is 1. The van der Waals surface area contributed by atoms with Crippen LogP contribution in [-0.2, 0) is 23.4 Å². The van der Waals surface area contributed by atoms with Crippen molar-refractivity contribution in [2.75, 3.05) is 7.11 Å². The fourth-order valence-corrected chi connectivity index (χ4v) is 6.44. The van der Waals surface area contributed by atoms with Gasteiger partial charge in [0, 0.05) is 34.7 Å². The minimum absolute atomic E-state index is 0.00590. The summed E-state index contributed by atoms with van der Waals surface area (Å²) in [6, 6.07) is 9.01. The molecule has 0 bridgehead atoms. The fourth-order valence-electron chi connectivity index (χ4n) is 6.44. The Balaban J connectivity index is 1.44. The number of carboxylic acid groups (broad SMARTS) is 1. The third-order valence-corrected chi connectivity index (χ3v) is 8.74. The number of carboxylic acids is 1. The maximum Gasteiger partial charge on any atom is 0.433 e. The van der Waals surface area contributed by atoms with Gasteiger partial charge in [0.1, 0.15) is 5.69 Å². The quantitative estimate of drug-likeness (QED) is 0.201. The molecule has 50 heavy (non-hydrogen) atoms. The number of nitrogens with zero attached hydrogens (tertiary/aromatic N) is 3. The zero-order valence-corrected chi connectivity index (χ0v) is 25.8. The minimum Gasteiger partial charge on any atom is -0.481 e. The molecule has 6 rings (SSSR count). The van der Waals surface area contributed by atoms with Gasteiger partial charge in [0.15, 0.2) is 6.10 Å². The first-order valence-electron chi connectivity index (χ1n) is 14.9. The first kappa shape index (κ1) is 34.7. The molecule has 2 aliphatic rings. The summed E-state index contributed by atoms with van der Waals surface area (Å²) in [5.74, 6) is -2.97. The van der Waals surface area contributed by atoms with Crippen molar-refractivity contribution >= 4 is 11.7 Å². The predicted molar refractivity (Wildman–Crippen MR) is 159 cm³/mol. The summed E-state index contributed by atoms with van der Waals surface area (Å²) in [7, 11) is 1.30. The molecule has 1 aliphatic heterocycles. The number of methoxy groups -OCH3 is 1. The molecule has 0 unspecified atom stereocenters. The van der Waals surface area contributed by atoms with Crippen molar-refractivity contribution in [1.82, 2.24) is 9.97 Å². The van der Waals surface area contributed by atoms with E-state index in [0.29, 0.717) is 28.8 Å². The maximum atomic E-state index is 14.0. The summed E-state index contributed by atoms with van der Waals surface area (Å²) in [4.78, 5) is 25.2. The van der Waals surface area contributed by atoms with Crippen molar-refractivity contribution in [2.45, 2.75) is 50.3 Å². The lowest BCUT2D eigenvalue weighted by atomic mass is 9.88. The molecule has 0 amide bonds. The van der Waals surface area contributed by atoms with Crippen LogP contribution in [0.15, 0.2) is 65.9 Å². The number of aromatic carboxylic acids is 1. The van der Waals surface area contributed by atoms with Crippen LogP contribution in [0.1, 0.15) is 68.9 Å². The number of hydrogen-bond donors (Lipinski definition) is 1. The second kappa shape index (κ2) is 12.3. The first-order valence-corrected chi connectivity index (χ1v) is 14.9. The molecule has 1 aliphatic carbocycles. The van der Waals surface area contributed by atoms with Crippen molar-refractivity contribution in [3.05, 3.63) is 100.0 Å². The summed E-state index contributed by atoms with van der Waals surface area (Å²) in [5.41, 5.74) is -2.74. The molecule has 1 saturated carbocycles. The van der Waals surface area contributed by atoms with Gasteiger partial charge in [0.2, 0.25) is 5.88 Å². The highest BCUT2D eigenvalue weighted by Gasteiger charge is 2.48. The van der Waals surface area contributed by atoms with Crippen LogP contribution in [0.3, 0.4) is 0 Å². The average Bonchev–Trinajstić information content (AvgIpc) is 3.65. The van der Waals surface area contributed by atoms with E-state index in [1.165, 1.54) is 31.5 Å². The van der Waals surface area contributed by atoms with Gasteiger partial charge < -0.3 is 14.7 Å². The molecule has 2 aromatic heterocycles. The molecule has 0 spiro atoms. The van der Waals surface area contributed by atoms with E-state index in [1.807, 2.05) is 0 Å². The van der Waals surface area contributed by atoms with E-state index >= 15 is 0 Å². The Kier molecular flexibility index (Phi) is 8.55. The Morgan fingerprint density at radius 2 is 1.50 bits per heavy atom. The molecular weight excluding hydrogens is 685 g/mol. The number of alkyl halides is 9. The number of halogens is 9. The van der Waals surface area contributed by atoms with Gasteiger partial charge in [-0.3, -0.25) is 0 Å². The molecular formula is C34H24F9N3O4. The van der Waals surface area contributed by atoms with Gasteiger partial charge in [-0.05, 0) is 78.9 Å². The van der Waals surface area contributed by atoms with Crippen LogP contribution in [0.4, 0.5) is 39.5 Å². The van der Waals surface area contributed by atoms with Gasteiger partial charge in [-0.15, -0.1) is 0 Å². The van der Waals surface area contributed by atoms with E-state index in [1.54, 1.807) is 19.1 Å². The van der Waals surface area contributed by atoms with Crippen LogP contribution in [0.5, 0.6) is 5.88 Å². The Bertz CT molecular complexity index is 1990. The monoisotopic (exact) mass is 709 g/mol. The Morgan fingerprint density at radius 3 is 2.08 bits per heavy atom. The molecule has 1 N–H and O–H groups in total. The number of rotatable bonds is 6. The molecule has 0 radical (unpaired) electrons. The van der Waals surface area contributed by atoms with E-state index in [0.717, 1.165) is 6.07 Å². The van der Waals surface area contributed by atoms with Gasteiger partial charge in [0.05, 0.1) is 35.2 Å². The van der Waals surface area contributed by atoms with Crippen LogP contribution in [0.2, 0.25) is 0 Å². The summed E-state index contributed by atoms with van der Waals surface area (Å²) in [5, 5.41) is 13.4. The zero-order chi connectivity index (χ0) is 36.3. The van der Waals surface area contributed by atoms with Gasteiger partial charge in [-0.25, -0.2) is 14.8 Å². The number of benzene rings is 2. The number of fused-ring (bicyclic) bond motifs is 1. The van der Waals surface area contributed by atoms with E-state index in [9.17, 15) is 49.4 Å².